The summed E-state index contributed by atoms with van der Waals surface area (Å²) < 4.78 is 16.9. The zero-order chi connectivity index (χ0) is 56.4. The van der Waals surface area contributed by atoms with Gasteiger partial charge in [-0.2, -0.15) is 0 Å². The molecular weight excluding hydrogens is 961 g/mol. The SMILES string of the molecule is CCCCCCCCCC/C=C\CCCCCCCCCCCCCC(=O)OC(COC(=O)CCCCCCCCCCC)COC(=O)CCCCCCCCCCCCCCCCCCCCCCCCCCCCCC. The average molecular weight is 1100 g/mol. The van der Waals surface area contributed by atoms with Crippen molar-refractivity contribution < 1.29 is 28.6 Å². The van der Waals surface area contributed by atoms with E-state index < -0.39 is 6.10 Å². The van der Waals surface area contributed by atoms with Crippen molar-refractivity contribution >= 4 is 17.9 Å². The predicted octanol–water partition coefficient (Wildman–Crippen LogP) is 24.4. The van der Waals surface area contributed by atoms with Crippen molar-refractivity contribution in [3.05, 3.63) is 12.2 Å². The van der Waals surface area contributed by atoms with Gasteiger partial charge in [0.05, 0.1) is 0 Å². The molecule has 0 fully saturated rings. The molecule has 0 aliphatic heterocycles. The monoisotopic (exact) mass is 1100 g/mol. The van der Waals surface area contributed by atoms with Crippen LogP contribution >= 0.6 is 0 Å². The summed E-state index contributed by atoms with van der Waals surface area (Å²) in [7, 11) is 0. The van der Waals surface area contributed by atoms with Crippen molar-refractivity contribution in [2.24, 2.45) is 0 Å². The summed E-state index contributed by atoms with van der Waals surface area (Å²) in [5.41, 5.74) is 0. The van der Waals surface area contributed by atoms with E-state index in [0.29, 0.717) is 19.3 Å². The van der Waals surface area contributed by atoms with Crippen LogP contribution in [0.4, 0.5) is 0 Å². The maximum absolute atomic E-state index is 12.9. The summed E-state index contributed by atoms with van der Waals surface area (Å²) in [6.45, 7) is 6.70. The Hall–Kier alpha value is -1.85. The van der Waals surface area contributed by atoms with Gasteiger partial charge in [-0.25, -0.2) is 0 Å². The molecule has 0 aliphatic rings. The van der Waals surface area contributed by atoms with Crippen LogP contribution in [-0.4, -0.2) is 37.2 Å². The summed E-state index contributed by atoms with van der Waals surface area (Å²) in [5, 5.41) is 0. The first-order chi connectivity index (χ1) is 38.5. The Labute approximate surface area is 488 Å². The highest BCUT2D eigenvalue weighted by Gasteiger charge is 2.19. The number of unbranched alkanes of at least 4 members (excludes halogenated alkanes) is 54. The maximum atomic E-state index is 12.9. The molecule has 462 valence electrons. The number of carbonyl (C=O) groups is 3. The highest BCUT2D eigenvalue weighted by atomic mass is 16.6. The summed E-state index contributed by atoms with van der Waals surface area (Å²) in [5.74, 6) is -0.835. The van der Waals surface area contributed by atoms with E-state index in [1.54, 1.807) is 0 Å². The molecule has 0 aromatic heterocycles. The van der Waals surface area contributed by atoms with Crippen LogP contribution in [0.1, 0.15) is 412 Å². The summed E-state index contributed by atoms with van der Waals surface area (Å²) in [4.78, 5) is 38.3. The molecule has 0 heterocycles. The minimum atomic E-state index is -0.766. The molecule has 6 nitrogen and oxygen atoms in total. The quantitative estimate of drug-likeness (QED) is 0.0261. The van der Waals surface area contributed by atoms with E-state index in [9.17, 15) is 14.4 Å². The second kappa shape index (κ2) is 67.7. The predicted molar refractivity (Wildman–Crippen MR) is 340 cm³/mol. The van der Waals surface area contributed by atoms with Gasteiger partial charge >= 0.3 is 17.9 Å². The lowest BCUT2D eigenvalue weighted by atomic mass is 10.0. The van der Waals surface area contributed by atoms with Gasteiger partial charge in [-0.15, -0.1) is 0 Å². The lowest BCUT2D eigenvalue weighted by Gasteiger charge is -2.18. The highest BCUT2D eigenvalue weighted by molar-refractivity contribution is 5.71. The Morgan fingerprint density at radius 1 is 0.244 bits per heavy atom. The van der Waals surface area contributed by atoms with Gasteiger partial charge in [0, 0.05) is 19.3 Å². The molecule has 0 radical (unpaired) electrons. The van der Waals surface area contributed by atoms with E-state index in [1.165, 1.54) is 315 Å². The molecule has 0 bridgehead atoms. The molecule has 0 spiro atoms. The third-order valence-electron chi connectivity index (χ3n) is 16.5. The highest BCUT2D eigenvalue weighted by Crippen LogP contribution is 2.19. The summed E-state index contributed by atoms with van der Waals surface area (Å²) in [6, 6.07) is 0. The smallest absolute Gasteiger partial charge is 0.306 e. The molecule has 0 saturated carbocycles. The average Bonchev–Trinajstić information content (AvgIpc) is 3.44. The van der Waals surface area contributed by atoms with Crippen molar-refractivity contribution in [1.82, 2.24) is 0 Å². The fourth-order valence-corrected chi connectivity index (χ4v) is 11.2. The van der Waals surface area contributed by atoms with E-state index in [1.807, 2.05) is 0 Å². The van der Waals surface area contributed by atoms with Crippen LogP contribution in [0.25, 0.3) is 0 Å². The molecule has 0 aromatic rings. The van der Waals surface area contributed by atoms with Gasteiger partial charge in [-0.05, 0) is 44.9 Å². The lowest BCUT2D eigenvalue weighted by Crippen LogP contribution is -2.30. The lowest BCUT2D eigenvalue weighted by molar-refractivity contribution is -0.167. The number of hydrogen-bond donors (Lipinski definition) is 0. The number of carbonyl (C=O) groups excluding carboxylic acids is 3. The van der Waals surface area contributed by atoms with Crippen molar-refractivity contribution in [2.45, 2.75) is 419 Å². The van der Waals surface area contributed by atoms with Crippen molar-refractivity contribution in [1.29, 1.82) is 0 Å². The first-order valence-corrected chi connectivity index (χ1v) is 35.7. The zero-order valence-electron chi connectivity index (χ0n) is 53.2. The van der Waals surface area contributed by atoms with Gasteiger partial charge in [0.2, 0.25) is 0 Å². The van der Waals surface area contributed by atoms with Crippen LogP contribution in [-0.2, 0) is 28.6 Å². The van der Waals surface area contributed by atoms with Crippen LogP contribution in [0.15, 0.2) is 12.2 Å². The van der Waals surface area contributed by atoms with Crippen LogP contribution in [0.3, 0.4) is 0 Å². The Morgan fingerprint density at radius 2 is 0.423 bits per heavy atom. The summed E-state index contributed by atoms with van der Waals surface area (Å²) >= 11 is 0. The van der Waals surface area contributed by atoms with Gasteiger partial charge in [0.15, 0.2) is 6.10 Å². The molecule has 0 amide bonds. The molecular formula is C72H138O6. The number of esters is 3. The zero-order valence-corrected chi connectivity index (χ0v) is 53.2. The molecule has 0 N–H and O–H groups in total. The van der Waals surface area contributed by atoms with Crippen molar-refractivity contribution in [3.63, 3.8) is 0 Å². The van der Waals surface area contributed by atoms with Crippen LogP contribution in [0, 0.1) is 0 Å². The molecule has 0 aromatic carbocycles. The van der Waals surface area contributed by atoms with Gasteiger partial charge in [0.1, 0.15) is 13.2 Å². The topological polar surface area (TPSA) is 78.9 Å². The van der Waals surface area contributed by atoms with Gasteiger partial charge in [-0.3, -0.25) is 14.4 Å². The minimum Gasteiger partial charge on any atom is -0.462 e. The number of allylic oxidation sites excluding steroid dienone is 2. The van der Waals surface area contributed by atoms with E-state index in [4.69, 9.17) is 14.2 Å². The Kier molecular flexibility index (Phi) is 66.0. The standard InChI is InChI=1S/C72H138O6/c1-4-7-10-13-16-19-21-23-25-27-29-31-33-34-35-36-37-39-40-42-44-46-48-50-53-56-59-62-65-71(74)77-68-69(67-76-70(73)64-61-58-55-52-18-15-12-9-6-3)78-72(75)66-63-60-57-54-51-49-47-45-43-41-38-32-30-28-26-24-22-20-17-14-11-8-5-2/h28,30,69H,4-27,29,31-68H2,1-3H3/b30-28-. The van der Waals surface area contributed by atoms with Crippen LogP contribution in [0.5, 0.6) is 0 Å². The molecule has 0 saturated heterocycles. The third kappa shape index (κ3) is 65.0. The number of hydrogen-bond acceptors (Lipinski definition) is 6. The van der Waals surface area contributed by atoms with E-state index >= 15 is 0 Å². The molecule has 78 heavy (non-hydrogen) atoms. The molecule has 1 unspecified atom stereocenters. The van der Waals surface area contributed by atoms with Crippen molar-refractivity contribution in [3.8, 4) is 0 Å². The van der Waals surface area contributed by atoms with Crippen LogP contribution < -0.4 is 0 Å². The molecule has 1 atom stereocenters. The third-order valence-corrected chi connectivity index (χ3v) is 16.5. The normalized spacial score (nSPS) is 12.0. The maximum Gasteiger partial charge on any atom is 0.306 e. The van der Waals surface area contributed by atoms with E-state index in [-0.39, 0.29) is 31.1 Å². The second-order valence-corrected chi connectivity index (χ2v) is 24.5. The van der Waals surface area contributed by atoms with E-state index in [0.717, 1.165) is 57.8 Å². The Bertz CT molecular complexity index is 1210. The molecule has 0 rings (SSSR count). The minimum absolute atomic E-state index is 0.0636. The second-order valence-electron chi connectivity index (χ2n) is 24.5. The fraction of sp³-hybridized carbons (Fsp3) is 0.931. The van der Waals surface area contributed by atoms with E-state index in [2.05, 4.69) is 32.9 Å². The fourth-order valence-electron chi connectivity index (χ4n) is 11.2. The number of rotatable bonds is 67. The first kappa shape index (κ1) is 76.1. The van der Waals surface area contributed by atoms with Gasteiger partial charge in [0.25, 0.3) is 0 Å². The molecule has 0 aliphatic carbocycles. The van der Waals surface area contributed by atoms with Crippen molar-refractivity contribution in [2.75, 3.05) is 13.2 Å². The van der Waals surface area contributed by atoms with Gasteiger partial charge in [-0.1, -0.05) is 360 Å². The molecule has 6 heteroatoms. The number of ether oxygens (including phenoxy) is 3. The Balaban J connectivity index is 4.07. The largest absolute Gasteiger partial charge is 0.462 e. The Morgan fingerprint density at radius 3 is 0.641 bits per heavy atom. The summed E-state index contributed by atoms with van der Waals surface area (Å²) in [6.07, 6.45) is 81.2. The van der Waals surface area contributed by atoms with Gasteiger partial charge < -0.3 is 14.2 Å². The first-order valence-electron chi connectivity index (χ1n) is 35.7. The van der Waals surface area contributed by atoms with Crippen LogP contribution in [0.2, 0.25) is 0 Å².